The number of aromatic nitrogens is 4. The van der Waals surface area contributed by atoms with Gasteiger partial charge in [-0.15, -0.1) is 0 Å². The maximum atomic E-state index is 5.59. The average Bonchev–Trinajstić information content (AvgIpc) is 3.15. The Morgan fingerprint density at radius 1 is 1.29 bits per heavy atom. The molecular formula is C18H19N5O. The van der Waals surface area contributed by atoms with Crippen molar-refractivity contribution in [3.05, 3.63) is 60.9 Å². The molecule has 0 unspecified atom stereocenters. The summed E-state index contributed by atoms with van der Waals surface area (Å²) in [6, 6.07) is 10.7. The van der Waals surface area contributed by atoms with E-state index in [4.69, 9.17) is 4.74 Å². The Hall–Kier alpha value is -2.89. The van der Waals surface area contributed by atoms with Crippen LogP contribution in [0.2, 0.25) is 0 Å². The molecule has 6 nitrogen and oxygen atoms in total. The Morgan fingerprint density at radius 2 is 2.25 bits per heavy atom. The van der Waals surface area contributed by atoms with Gasteiger partial charge in [0.25, 0.3) is 0 Å². The third-order valence-electron chi connectivity index (χ3n) is 4.14. The van der Waals surface area contributed by atoms with Crippen LogP contribution in [0.3, 0.4) is 0 Å². The minimum absolute atomic E-state index is 0.396. The molecular weight excluding hydrogens is 302 g/mol. The Labute approximate surface area is 140 Å². The Morgan fingerprint density at radius 3 is 3.08 bits per heavy atom. The molecule has 0 bridgehead atoms. The summed E-state index contributed by atoms with van der Waals surface area (Å²) < 4.78 is 7.45. The molecule has 2 heterocycles. The summed E-state index contributed by atoms with van der Waals surface area (Å²) in [5.74, 6) is 3.07. The van der Waals surface area contributed by atoms with Crippen molar-refractivity contribution in [2.75, 3.05) is 11.9 Å². The molecule has 2 aromatic heterocycles. The number of nitrogens with one attached hydrogen (secondary N) is 1. The van der Waals surface area contributed by atoms with E-state index in [1.165, 1.54) is 5.56 Å². The predicted octanol–water partition coefficient (Wildman–Crippen LogP) is 3.03. The van der Waals surface area contributed by atoms with Crippen molar-refractivity contribution in [2.45, 2.75) is 25.3 Å². The fourth-order valence-corrected chi connectivity index (χ4v) is 2.88. The van der Waals surface area contributed by atoms with Crippen LogP contribution in [-0.2, 0) is 0 Å². The molecule has 1 aliphatic rings. The first-order valence-corrected chi connectivity index (χ1v) is 8.13. The summed E-state index contributed by atoms with van der Waals surface area (Å²) in [6.07, 6.45) is 8.00. The zero-order valence-electron chi connectivity index (χ0n) is 13.5. The van der Waals surface area contributed by atoms with E-state index in [0.29, 0.717) is 18.6 Å². The molecule has 1 fully saturated rings. The quantitative estimate of drug-likeness (QED) is 0.756. The number of benzene rings is 1. The molecule has 1 aromatic carbocycles. The lowest BCUT2D eigenvalue weighted by atomic mass is 10.1. The lowest BCUT2D eigenvalue weighted by Gasteiger charge is -2.08. The molecule has 3 aromatic rings. The molecule has 2 atom stereocenters. The Bertz CT molecular complexity index is 818. The molecule has 0 spiro atoms. The molecule has 0 saturated heterocycles. The second kappa shape index (κ2) is 6.31. The van der Waals surface area contributed by atoms with Crippen LogP contribution >= 0.6 is 0 Å². The van der Waals surface area contributed by atoms with Gasteiger partial charge in [0.05, 0.1) is 6.61 Å². The normalized spacial score (nSPS) is 19.0. The standard InChI is InChI=1S/C18H19N5O/c1-2-24-14-5-3-4-13(8-14)15-9-16(15)22-17-10-18(21-11-20-17)23-7-6-19-12-23/h3-8,10-12,15-16H,2,9H2,1H3,(H,20,21,22)/t15-,16-/m1/s1. The number of nitrogens with zero attached hydrogens (tertiary/aromatic N) is 4. The van der Waals surface area contributed by atoms with Crippen LogP contribution in [0.5, 0.6) is 5.75 Å². The monoisotopic (exact) mass is 321 g/mol. The lowest BCUT2D eigenvalue weighted by Crippen LogP contribution is -2.07. The highest BCUT2D eigenvalue weighted by molar-refractivity contribution is 5.46. The van der Waals surface area contributed by atoms with Gasteiger partial charge < -0.3 is 10.1 Å². The highest BCUT2D eigenvalue weighted by atomic mass is 16.5. The summed E-state index contributed by atoms with van der Waals surface area (Å²) in [6.45, 7) is 2.69. The highest BCUT2D eigenvalue weighted by Crippen LogP contribution is 2.43. The van der Waals surface area contributed by atoms with E-state index in [2.05, 4.69) is 38.5 Å². The summed E-state index contributed by atoms with van der Waals surface area (Å²) in [5.41, 5.74) is 1.31. The Balaban J connectivity index is 1.44. The van der Waals surface area contributed by atoms with Crippen molar-refractivity contribution < 1.29 is 4.74 Å². The summed E-state index contributed by atoms with van der Waals surface area (Å²) in [5, 5.41) is 3.49. The van der Waals surface area contributed by atoms with Crippen LogP contribution in [0.25, 0.3) is 5.82 Å². The topological polar surface area (TPSA) is 64.9 Å². The predicted molar refractivity (Wildman–Crippen MR) is 91.5 cm³/mol. The molecule has 1 aliphatic carbocycles. The average molecular weight is 321 g/mol. The van der Waals surface area contributed by atoms with E-state index in [0.717, 1.165) is 23.8 Å². The fraction of sp³-hybridized carbons (Fsp3) is 0.278. The zero-order valence-corrected chi connectivity index (χ0v) is 13.5. The van der Waals surface area contributed by atoms with Crippen molar-refractivity contribution in [1.82, 2.24) is 19.5 Å². The SMILES string of the molecule is CCOc1cccc([C@H]2C[C@H]2Nc2cc(-n3ccnc3)ncn2)c1. The van der Waals surface area contributed by atoms with E-state index < -0.39 is 0 Å². The number of anilines is 1. The zero-order chi connectivity index (χ0) is 16.4. The molecule has 4 rings (SSSR count). The van der Waals surface area contributed by atoms with Gasteiger partial charge in [-0.1, -0.05) is 12.1 Å². The maximum Gasteiger partial charge on any atom is 0.143 e. The Kier molecular flexibility index (Phi) is 3.86. The first-order valence-electron chi connectivity index (χ1n) is 8.13. The van der Waals surface area contributed by atoms with Crippen LogP contribution in [-0.4, -0.2) is 32.2 Å². The third kappa shape index (κ3) is 3.08. The van der Waals surface area contributed by atoms with Crippen molar-refractivity contribution in [3.63, 3.8) is 0 Å². The van der Waals surface area contributed by atoms with Gasteiger partial charge in [-0.2, -0.15) is 0 Å². The van der Waals surface area contributed by atoms with Gasteiger partial charge in [-0.3, -0.25) is 4.57 Å². The fourth-order valence-electron chi connectivity index (χ4n) is 2.88. The van der Waals surface area contributed by atoms with Gasteiger partial charge in [0.2, 0.25) is 0 Å². The molecule has 0 amide bonds. The molecule has 0 radical (unpaired) electrons. The minimum atomic E-state index is 0.396. The molecule has 0 aliphatic heterocycles. The van der Waals surface area contributed by atoms with E-state index in [1.807, 2.05) is 29.8 Å². The highest BCUT2D eigenvalue weighted by Gasteiger charge is 2.38. The molecule has 1 N–H and O–H groups in total. The van der Waals surface area contributed by atoms with Crippen LogP contribution in [0.4, 0.5) is 5.82 Å². The summed E-state index contributed by atoms with van der Waals surface area (Å²) in [7, 11) is 0. The van der Waals surface area contributed by atoms with E-state index in [1.54, 1.807) is 18.9 Å². The van der Waals surface area contributed by atoms with Gasteiger partial charge in [0.15, 0.2) is 0 Å². The van der Waals surface area contributed by atoms with Crippen LogP contribution in [0.1, 0.15) is 24.8 Å². The van der Waals surface area contributed by atoms with Crippen molar-refractivity contribution in [2.24, 2.45) is 0 Å². The summed E-state index contributed by atoms with van der Waals surface area (Å²) in [4.78, 5) is 12.6. The lowest BCUT2D eigenvalue weighted by molar-refractivity contribution is 0.340. The van der Waals surface area contributed by atoms with Gasteiger partial charge in [-0.05, 0) is 31.0 Å². The van der Waals surface area contributed by atoms with Gasteiger partial charge in [0, 0.05) is 30.4 Å². The van der Waals surface area contributed by atoms with Gasteiger partial charge in [0.1, 0.15) is 30.0 Å². The number of hydrogen-bond acceptors (Lipinski definition) is 5. The maximum absolute atomic E-state index is 5.59. The number of imidazole rings is 1. The first-order chi connectivity index (χ1) is 11.8. The van der Waals surface area contributed by atoms with Crippen LogP contribution in [0, 0.1) is 0 Å². The summed E-state index contributed by atoms with van der Waals surface area (Å²) >= 11 is 0. The van der Waals surface area contributed by atoms with E-state index >= 15 is 0 Å². The van der Waals surface area contributed by atoms with Crippen molar-refractivity contribution in [1.29, 1.82) is 0 Å². The first kappa shape index (κ1) is 14.7. The minimum Gasteiger partial charge on any atom is -0.494 e. The number of ether oxygens (including phenoxy) is 1. The molecule has 1 saturated carbocycles. The van der Waals surface area contributed by atoms with Crippen molar-refractivity contribution in [3.8, 4) is 11.6 Å². The molecule has 122 valence electrons. The second-order valence-corrected chi connectivity index (χ2v) is 5.83. The largest absolute Gasteiger partial charge is 0.494 e. The van der Waals surface area contributed by atoms with Gasteiger partial charge >= 0.3 is 0 Å². The van der Waals surface area contributed by atoms with E-state index in [-0.39, 0.29) is 0 Å². The third-order valence-corrected chi connectivity index (χ3v) is 4.14. The molecule has 6 heteroatoms. The number of hydrogen-bond donors (Lipinski definition) is 1. The van der Waals surface area contributed by atoms with Gasteiger partial charge in [-0.25, -0.2) is 15.0 Å². The molecule has 24 heavy (non-hydrogen) atoms. The number of rotatable bonds is 6. The van der Waals surface area contributed by atoms with Crippen molar-refractivity contribution >= 4 is 5.82 Å². The van der Waals surface area contributed by atoms with Crippen LogP contribution < -0.4 is 10.1 Å². The van der Waals surface area contributed by atoms with Crippen LogP contribution in [0.15, 0.2) is 55.4 Å². The van der Waals surface area contributed by atoms with E-state index in [9.17, 15) is 0 Å². The second-order valence-electron chi connectivity index (χ2n) is 5.83. The smallest absolute Gasteiger partial charge is 0.143 e.